The highest BCUT2D eigenvalue weighted by Crippen LogP contribution is 2.16. The normalized spacial score (nSPS) is 18.9. The number of carbonyl (C=O) groups excluding carboxylic acids is 1. The third-order valence-corrected chi connectivity index (χ3v) is 3.82. The zero-order valence-electron chi connectivity index (χ0n) is 11.8. The fourth-order valence-corrected chi connectivity index (χ4v) is 2.36. The lowest BCUT2D eigenvalue weighted by Crippen LogP contribution is -2.46. The van der Waals surface area contributed by atoms with Crippen LogP contribution in [-0.2, 0) is 18.4 Å². The van der Waals surface area contributed by atoms with E-state index in [1.165, 1.54) is 0 Å². The van der Waals surface area contributed by atoms with Gasteiger partial charge in [-0.1, -0.05) is 0 Å². The van der Waals surface area contributed by atoms with E-state index in [0.29, 0.717) is 19.5 Å². The van der Waals surface area contributed by atoms with Crippen LogP contribution in [-0.4, -0.2) is 44.9 Å². The second-order valence-corrected chi connectivity index (χ2v) is 5.16. The predicted molar refractivity (Wildman–Crippen MR) is 72.1 cm³/mol. The van der Waals surface area contributed by atoms with Gasteiger partial charge in [0.05, 0.1) is 12.1 Å². The molecule has 2 heterocycles. The molecular weight excluding hydrogens is 260 g/mol. The van der Waals surface area contributed by atoms with Crippen LogP contribution in [0.1, 0.15) is 24.1 Å². The molecule has 0 aliphatic carbocycles. The van der Waals surface area contributed by atoms with Gasteiger partial charge in [0.25, 0.3) is 0 Å². The maximum absolute atomic E-state index is 12.1. The van der Waals surface area contributed by atoms with Crippen LogP contribution in [0.2, 0.25) is 0 Å². The molecule has 2 amide bonds. The van der Waals surface area contributed by atoms with Gasteiger partial charge in [-0.15, -0.1) is 0 Å². The summed E-state index contributed by atoms with van der Waals surface area (Å²) in [5.41, 5.74) is 1.97. The van der Waals surface area contributed by atoms with Crippen molar-refractivity contribution in [3.05, 3.63) is 17.5 Å². The van der Waals surface area contributed by atoms with Crippen molar-refractivity contribution in [2.75, 3.05) is 13.1 Å². The van der Waals surface area contributed by atoms with Crippen LogP contribution >= 0.6 is 0 Å². The van der Waals surface area contributed by atoms with Gasteiger partial charge in [0.15, 0.2) is 0 Å². The highest BCUT2D eigenvalue weighted by atomic mass is 16.4. The van der Waals surface area contributed by atoms with Crippen molar-refractivity contribution in [1.29, 1.82) is 0 Å². The molecule has 0 bridgehead atoms. The van der Waals surface area contributed by atoms with Gasteiger partial charge in [-0.2, -0.15) is 5.10 Å². The highest BCUT2D eigenvalue weighted by Gasteiger charge is 2.27. The first kappa shape index (κ1) is 14.4. The number of carbonyl (C=O) groups is 2. The van der Waals surface area contributed by atoms with Crippen molar-refractivity contribution in [2.45, 2.75) is 26.3 Å². The lowest BCUT2D eigenvalue weighted by atomic mass is 9.99. The zero-order chi connectivity index (χ0) is 14.7. The van der Waals surface area contributed by atoms with Crippen LogP contribution in [0, 0.1) is 12.8 Å². The molecule has 1 unspecified atom stereocenters. The summed E-state index contributed by atoms with van der Waals surface area (Å²) in [7, 11) is 1.85. The number of aliphatic carboxylic acids is 1. The molecule has 0 spiro atoms. The fourth-order valence-electron chi connectivity index (χ4n) is 2.36. The van der Waals surface area contributed by atoms with Gasteiger partial charge in [-0.05, 0) is 19.8 Å². The first-order chi connectivity index (χ1) is 9.49. The summed E-state index contributed by atoms with van der Waals surface area (Å²) >= 11 is 0. The third-order valence-electron chi connectivity index (χ3n) is 3.82. The van der Waals surface area contributed by atoms with Crippen LogP contribution < -0.4 is 5.32 Å². The number of aryl methyl sites for hydroxylation is 1. The molecule has 110 valence electrons. The quantitative estimate of drug-likeness (QED) is 0.854. The summed E-state index contributed by atoms with van der Waals surface area (Å²) < 4.78 is 1.75. The van der Waals surface area contributed by atoms with E-state index < -0.39 is 11.9 Å². The number of urea groups is 1. The average molecular weight is 280 g/mol. The Hall–Kier alpha value is -2.05. The number of hydrogen-bond acceptors (Lipinski definition) is 3. The van der Waals surface area contributed by atoms with Crippen LogP contribution in [0.4, 0.5) is 4.79 Å². The van der Waals surface area contributed by atoms with Crippen molar-refractivity contribution >= 4 is 12.0 Å². The van der Waals surface area contributed by atoms with E-state index in [0.717, 1.165) is 17.7 Å². The number of rotatable bonds is 3. The lowest BCUT2D eigenvalue weighted by molar-refractivity contribution is -0.143. The largest absolute Gasteiger partial charge is 0.481 e. The molecule has 1 aromatic heterocycles. The summed E-state index contributed by atoms with van der Waals surface area (Å²) in [6.07, 6.45) is 3.10. The molecule has 1 aromatic rings. The maximum atomic E-state index is 12.1. The molecule has 1 saturated heterocycles. The van der Waals surface area contributed by atoms with Crippen molar-refractivity contribution in [1.82, 2.24) is 20.0 Å². The molecule has 1 fully saturated rings. The number of aromatic nitrogens is 2. The molecule has 1 aliphatic heterocycles. The van der Waals surface area contributed by atoms with Gasteiger partial charge in [0.2, 0.25) is 0 Å². The van der Waals surface area contributed by atoms with Crippen LogP contribution in [0.15, 0.2) is 6.20 Å². The van der Waals surface area contributed by atoms with Crippen molar-refractivity contribution in [3.8, 4) is 0 Å². The number of hydrogen-bond donors (Lipinski definition) is 2. The zero-order valence-corrected chi connectivity index (χ0v) is 11.8. The molecule has 2 rings (SSSR count). The second-order valence-electron chi connectivity index (χ2n) is 5.16. The number of nitrogens with one attached hydrogen (secondary N) is 1. The first-order valence-electron chi connectivity index (χ1n) is 6.72. The molecule has 2 N–H and O–H groups in total. The van der Waals surface area contributed by atoms with E-state index in [-0.39, 0.29) is 12.6 Å². The Morgan fingerprint density at radius 2 is 2.30 bits per heavy atom. The maximum Gasteiger partial charge on any atom is 0.317 e. The number of amides is 2. The lowest BCUT2D eigenvalue weighted by Gasteiger charge is -2.30. The molecule has 1 atom stereocenters. The van der Waals surface area contributed by atoms with Gasteiger partial charge < -0.3 is 15.3 Å². The summed E-state index contributed by atoms with van der Waals surface area (Å²) in [4.78, 5) is 24.6. The van der Waals surface area contributed by atoms with Gasteiger partial charge in [0, 0.05) is 37.9 Å². The van der Waals surface area contributed by atoms with Gasteiger partial charge in [-0.25, -0.2) is 4.79 Å². The highest BCUT2D eigenvalue weighted by molar-refractivity contribution is 5.76. The minimum atomic E-state index is -0.828. The van der Waals surface area contributed by atoms with Gasteiger partial charge in [-0.3, -0.25) is 9.48 Å². The first-order valence-corrected chi connectivity index (χ1v) is 6.72. The number of carboxylic acid groups (broad SMARTS) is 1. The van der Waals surface area contributed by atoms with E-state index >= 15 is 0 Å². The number of likely N-dealkylation sites (tertiary alicyclic amines) is 1. The topological polar surface area (TPSA) is 87.5 Å². The smallest absolute Gasteiger partial charge is 0.317 e. The Balaban J connectivity index is 1.88. The Kier molecular flexibility index (Phi) is 4.26. The summed E-state index contributed by atoms with van der Waals surface area (Å²) in [5, 5.41) is 16.0. The fraction of sp³-hybridized carbons (Fsp3) is 0.615. The van der Waals surface area contributed by atoms with E-state index in [1.54, 1.807) is 15.8 Å². The average Bonchev–Trinajstić information content (AvgIpc) is 2.76. The number of piperidine rings is 1. The van der Waals surface area contributed by atoms with Crippen LogP contribution in [0.5, 0.6) is 0 Å². The summed E-state index contributed by atoms with van der Waals surface area (Å²) in [5.74, 6) is -1.28. The molecule has 7 heteroatoms. The molecule has 0 aromatic carbocycles. The molecule has 20 heavy (non-hydrogen) atoms. The monoisotopic (exact) mass is 280 g/mol. The van der Waals surface area contributed by atoms with E-state index in [1.807, 2.05) is 14.0 Å². The van der Waals surface area contributed by atoms with Crippen molar-refractivity contribution in [2.24, 2.45) is 13.0 Å². The third kappa shape index (κ3) is 3.09. The van der Waals surface area contributed by atoms with Crippen LogP contribution in [0.3, 0.4) is 0 Å². The Bertz CT molecular complexity index is 512. The van der Waals surface area contributed by atoms with Crippen molar-refractivity contribution in [3.63, 3.8) is 0 Å². The Morgan fingerprint density at radius 1 is 1.55 bits per heavy atom. The number of carboxylic acids is 1. The molecule has 0 saturated carbocycles. The van der Waals surface area contributed by atoms with E-state index in [2.05, 4.69) is 10.4 Å². The summed E-state index contributed by atoms with van der Waals surface area (Å²) in [6.45, 7) is 3.25. The molecular formula is C13H20N4O3. The standard InChI is InChI=1S/C13H20N4O3/c1-9-11(7-15-16(9)2)6-14-13(20)17-5-3-4-10(8-17)12(18)19/h7,10H,3-6,8H2,1-2H3,(H,14,20)(H,18,19). The van der Waals surface area contributed by atoms with Crippen LogP contribution in [0.25, 0.3) is 0 Å². The van der Waals surface area contributed by atoms with Crippen molar-refractivity contribution < 1.29 is 14.7 Å². The Morgan fingerprint density at radius 3 is 2.90 bits per heavy atom. The molecule has 7 nitrogen and oxygen atoms in total. The molecule has 1 aliphatic rings. The summed E-state index contributed by atoms with van der Waals surface area (Å²) in [6, 6.07) is -0.209. The number of nitrogens with zero attached hydrogens (tertiary/aromatic N) is 3. The van der Waals surface area contributed by atoms with E-state index in [4.69, 9.17) is 5.11 Å². The Labute approximate surface area is 117 Å². The van der Waals surface area contributed by atoms with Gasteiger partial charge in [0.1, 0.15) is 0 Å². The minimum Gasteiger partial charge on any atom is -0.481 e. The predicted octanol–water partition coefficient (Wildman–Crippen LogP) is 0.735. The second kappa shape index (κ2) is 5.94. The molecule has 0 radical (unpaired) electrons. The van der Waals surface area contributed by atoms with E-state index in [9.17, 15) is 9.59 Å². The SMILES string of the molecule is Cc1c(CNC(=O)N2CCCC(C(=O)O)C2)cnn1C. The minimum absolute atomic E-state index is 0.209. The van der Waals surface area contributed by atoms with Gasteiger partial charge >= 0.3 is 12.0 Å².